The van der Waals surface area contributed by atoms with E-state index in [-0.39, 0.29) is 5.91 Å². The zero-order valence-corrected chi connectivity index (χ0v) is 14.1. The number of carbonyl (C=O) groups excluding carboxylic acids is 1. The van der Waals surface area contributed by atoms with Gasteiger partial charge in [-0.3, -0.25) is 4.79 Å². The maximum absolute atomic E-state index is 12.4. The highest BCUT2D eigenvalue weighted by Crippen LogP contribution is 2.22. The van der Waals surface area contributed by atoms with Gasteiger partial charge >= 0.3 is 0 Å². The van der Waals surface area contributed by atoms with Gasteiger partial charge in [-0.15, -0.1) is 0 Å². The number of rotatable bonds is 4. The van der Waals surface area contributed by atoms with Crippen molar-refractivity contribution in [3.8, 4) is 5.69 Å². The molecule has 4 nitrogen and oxygen atoms in total. The van der Waals surface area contributed by atoms with Crippen LogP contribution in [0.5, 0.6) is 0 Å². The van der Waals surface area contributed by atoms with Gasteiger partial charge in [0.1, 0.15) is 0 Å². The molecule has 1 saturated heterocycles. The lowest BCUT2D eigenvalue weighted by Gasteiger charge is -2.17. The lowest BCUT2D eigenvalue weighted by Crippen LogP contribution is -2.17. The van der Waals surface area contributed by atoms with Crippen LogP contribution >= 0.6 is 0 Å². The van der Waals surface area contributed by atoms with Crippen LogP contribution in [-0.4, -0.2) is 23.6 Å². The van der Waals surface area contributed by atoms with Gasteiger partial charge in [0.05, 0.1) is 0 Å². The van der Waals surface area contributed by atoms with Gasteiger partial charge in [-0.25, -0.2) is 0 Å². The molecule has 0 unspecified atom stereocenters. The molecule has 3 aromatic rings. The van der Waals surface area contributed by atoms with Crippen molar-refractivity contribution in [1.29, 1.82) is 0 Å². The highest BCUT2D eigenvalue weighted by molar-refractivity contribution is 6.04. The molecule has 0 spiro atoms. The number of nitrogens with one attached hydrogen (secondary N) is 1. The predicted octanol–water partition coefficient (Wildman–Crippen LogP) is 4.33. The monoisotopic (exact) mass is 331 g/mol. The van der Waals surface area contributed by atoms with E-state index in [9.17, 15) is 4.79 Å². The third-order valence-corrected chi connectivity index (χ3v) is 4.63. The van der Waals surface area contributed by atoms with Crippen molar-refractivity contribution in [2.45, 2.75) is 12.8 Å². The van der Waals surface area contributed by atoms with Crippen molar-refractivity contribution in [2.24, 2.45) is 0 Å². The highest BCUT2D eigenvalue weighted by Gasteiger charge is 2.12. The fourth-order valence-electron chi connectivity index (χ4n) is 3.23. The Kier molecular flexibility index (Phi) is 4.25. The Morgan fingerprint density at radius 1 is 0.800 bits per heavy atom. The van der Waals surface area contributed by atoms with E-state index in [1.165, 1.54) is 18.5 Å². The number of hydrogen-bond acceptors (Lipinski definition) is 2. The van der Waals surface area contributed by atoms with E-state index in [2.05, 4.69) is 22.3 Å². The average molecular weight is 331 g/mol. The molecule has 0 radical (unpaired) electrons. The van der Waals surface area contributed by atoms with Gasteiger partial charge in [-0.05, 0) is 73.5 Å². The molecular weight excluding hydrogens is 310 g/mol. The van der Waals surface area contributed by atoms with Crippen molar-refractivity contribution in [3.05, 3.63) is 78.6 Å². The van der Waals surface area contributed by atoms with E-state index >= 15 is 0 Å². The second-order valence-electron chi connectivity index (χ2n) is 6.33. The number of carbonyl (C=O) groups is 1. The Labute approximate surface area is 147 Å². The van der Waals surface area contributed by atoms with Gasteiger partial charge in [0.25, 0.3) is 5.91 Å². The zero-order chi connectivity index (χ0) is 17.1. The van der Waals surface area contributed by atoms with Gasteiger partial charge in [0, 0.05) is 48.1 Å². The first-order valence-corrected chi connectivity index (χ1v) is 8.69. The van der Waals surface area contributed by atoms with E-state index in [0.29, 0.717) is 5.56 Å². The second kappa shape index (κ2) is 6.85. The molecule has 1 aliphatic heterocycles. The first-order valence-electron chi connectivity index (χ1n) is 8.69. The Balaban J connectivity index is 1.42. The van der Waals surface area contributed by atoms with Crippen molar-refractivity contribution in [2.75, 3.05) is 23.3 Å². The number of hydrogen-bond donors (Lipinski definition) is 1. The molecule has 2 aromatic carbocycles. The molecule has 0 saturated carbocycles. The lowest BCUT2D eigenvalue weighted by molar-refractivity contribution is 0.102. The Bertz CT molecular complexity index is 830. The van der Waals surface area contributed by atoms with Crippen LogP contribution in [0.1, 0.15) is 23.2 Å². The topological polar surface area (TPSA) is 37.3 Å². The van der Waals surface area contributed by atoms with Crippen LogP contribution in [0.4, 0.5) is 11.4 Å². The largest absolute Gasteiger partial charge is 0.372 e. The van der Waals surface area contributed by atoms with E-state index in [0.717, 1.165) is 24.5 Å². The highest BCUT2D eigenvalue weighted by atomic mass is 16.1. The molecule has 1 fully saturated rings. The van der Waals surface area contributed by atoms with Crippen molar-refractivity contribution in [3.63, 3.8) is 0 Å². The average Bonchev–Trinajstić information content (AvgIpc) is 3.36. The maximum atomic E-state index is 12.4. The van der Waals surface area contributed by atoms with Crippen LogP contribution in [0.25, 0.3) is 5.69 Å². The standard InChI is InChI=1S/C21H21N3O/c25-21(17-5-9-19(10-6-17)23-13-1-2-14-23)22-18-7-11-20(12-8-18)24-15-3-4-16-24/h1-2,5-14H,3-4,15-16H2,(H,22,25). The maximum Gasteiger partial charge on any atom is 0.255 e. The summed E-state index contributed by atoms with van der Waals surface area (Å²) in [5, 5.41) is 2.97. The lowest BCUT2D eigenvalue weighted by atomic mass is 10.2. The third kappa shape index (κ3) is 3.43. The number of amides is 1. The third-order valence-electron chi connectivity index (χ3n) is 4.63. The predicted molar refractivity (Wildman–Crippen MR) is 102 cm³/mol. The fraction of sp³-hybridized carbons (Fsp3) is 0.190. The molecule has 25 heavy (non-hydrogen) atoms. The Hall–Kier alpha value is -3.01. The summed E-state index contributed by atoms with van der Waals surface area (Å²) in [6, 6.07) is 19.7. The fourth-order valence-corrected chi connectivity index (χ4v) is 3.23. The number of nitrogens with zero attached hydrogens (tertiary/aromatic N) is 2. The summed E-state index contributed by atoms with van der Waals surface area (Å²) in [7, 11) is 0. The van der Waals surface area contributed by atoms with Crippen LogP contribution in [0.15, 0.2) is 73.1 Å². The molecular formula is C21H21N3O. The zero-order valence-electron chi connectivity index (χ0n) is 14.1. The van der Waals surface area contributed by atoms with Crippen LogP contribution in [0.3, 0.4) is 0 Å². The van der Waals surface area contributed by atoms with Crippen LogP contribution in [0, 0.1) is 0 Å². The molecule has 1 N–H and O–H groups in total. The normalized spacial score (nSPS) is 13.8. The molecule has 2 heterocycles. The molecule has 0 aliphatic carbocycles. The molecule has 1 aromatic heterocycles. The minimum atomic E-state index is -0.0898. The minimum absolute atomic E-state index is 0.0898. The van der Waals surface area contributed by atoms with E-state index in [1.807, 2.05) is 65.5 Å². The Morgan fingerprint density at radius 2 is 1.40 bits per heavy atom. The summed E-state index contributed by atoms with van der Waals surface area (Å²) in [4.78, 5) is 14.8. The molecule has 126 valence electrons. The molecule has 1 aliphatic rings. The smallest absolute Gasteiger partial charge is 0.255 e. The summed E-state index contributed by atoms with van der Waals surface area (Å²) < 4.78 is 2.01. The Morgan fingerprint density at radius 3 is 2.04 bits per heavy atom. The summed E-state index contributed by atoms with van der Waals surface area (Å²) in [5.41, 5.74) is 3.74. The molecule has 4 rings (SSSR count). The SMILES string of the molecule is O=C(Nc1ccc(N2CCCC2)cc1)c1ccc(-n2cccc2)cc1. The number of benzene rings is 2. The molecule has 0 atom stereocenters. The molecule has 0 bridgehead atoms. The van der Waals surface area contributed by atoms with E-state index < -0.39 is 0 Å². The van der Waals surface area contributed by atoms with Gasteiger partial charge in [0.2, 0.25) is 0 Å². The minimum Gasteiger partial charge on any atom is -0.372 e. The first-order chi connectivity index (χ1) is 12.3. The van der Waals surface area contributed by atoms with Gasteiger partial charge in [-0.1, -0.05) is 0 Å². The summed E-state index contributed by atoms with van der Waals surface area (Å²) in [5.74, 6) is -0.0898. The number of anilines is 2. The van der Waals surface area contributed by atoms with Crippen molar-refractivity contribution >= 4 is 17.3 Å². The van der Waals surface area contributed by atoms with Crippen molar-refractivity contribution < 1.29 is 4.79 Å². The van der Waals surface area contributed by atoms with Gasteiger partial charge < -0.3 is 14.8 Å². The number of aromatic nitrogens is 1. The van der Waals surface area contributed by atoms with Crippen LogP contribution in [0.2, 0.25) is 0 Å². The summed E-state index contributed by atoms with van der Waals surface area (Å²) >= 11 is 0. The summed E-state index contributed by atoms with van der Waals surface area (Å²) in [6.45, 7) is 2.25. The van der Waals surface area contributed by atoms with Crippen molar-refractivity contribution in [1.82, 2.24) is 4.57 Å². The van der Waals surface area contributed by atoms with E-state index in [1.54, 1.807) is 0 Å². The molecule has 1 amide bonds. The summed E-state index contributed by atoms with van der Waals surface area (Å²) in [6.07, 6.45) is 6.49. The van der Waals surface area contributed by atoms with E-state index in [4.69, 9.17) is 0 Å². The van der Waals surface area contributed by atoms with Crippen LogP contribution < -0.4 is 10.2 Å². The first kappa shape index (κ1) is 15.5. The molecule has 4 heteroatoms. The second-order valence-corrected chi connectivity index (χ2v) is 6.33. The van der Waals surface area contributed by atoms with Crippen LogP contribution in [-0.2, 0) is 0 Å². The van der Waals surface area contributed by atoms with Gasteiger partial charge in [0.15, 0.2) is 0 Å². The quantitative estimate of drug-likeness (QED) is 0.772. The van der Waals surface area contributed by atoms with Gasteiger partial charge in [-0.2, -0.15) is 0 Å².